The van der Waals surface area contributed by atoms with E-state index < -0.39 is 5.60 Å². The number of amides is 1. The van der Waals surface area contributed by atoms with E-state index in [1.807, 2.05) is 27.7 Å². The van der Waals surface area contributed by atoms with Crippen molar-refractivity contribution in [2.24, 2.45) is 5.92 Å². The molecule has 1 amide bonds. The predicted octanol–water partition coefficient (Wildman–Crippen LogP) is 3.32. The minimum absolute atomic E-state index is 0.275. The van der Waals surface area contributed by atoms with Gasteiger partial charge in [0.1, 0.15) is 5.60 Å². The van der Waals surface area contributed by atoms with Crippen molar-refractivity contribution in [1.29, 1.82) is 0 Å². The van der Waals surface area contributed by atoms with E-state index in [1.165, 1.54) is 0 Å². The highest BCUT2D eigenvalue weighted by Crippen LogP contribution is 2.20. The number of alkyl halides is 1. The molecule has 0 aliphatic heterocycles. The lowest BCUT2D eigenvalue weighted by Gasteiger charge is -2.33. The molecule has 0 aromatic rings. The maximum absolute atomic E-state index is 11.6. The van der Waals surface area contributed by atoms with Crippen LogP contribution in [0.15, 0.2) is 0 Å². The molecule has 0 aromatic heterocycles. The molecule has 0 bridgehead atoms. The molecular formula is C11H22BrNO2. The molecule has 0 aliphatic carbocycles. The van der Waals surface area contributed by atoms with E-state index >= 15 is 0 Å². The number of carbonyl (C=O) groups excluding carboxylic acids is 1. The summed E-state index contributed by atoms with van der Waals surface area (Å²) in [5, 5.41) is 3.60. The van der Waals surface area contributed by atoms with Gasteiger partial charge in [-0.25, -0.2) is 4.79 Å². The van der Waals surface area contributed by atoms with Gasteiger partial charge in [0.15, 0.2) is 0 Å². The third-order valence-corrected chi connectivity index (χ3v) is 3.50. The number of alkyl carbamates (subject to hydrolysis) is 1. The van der Waals surface area contributed by atoms with Gasteiger partial charge in [-0.15, -0.1) is 0 Å². The Morgan fingerprint density at radius 1 is 1.33 bits per heavy atom. The summed E-state index contributed by atoms with van der Waals surface area (Å²) in [5.41, 5.74) is -0.726. The van der Waals surface area contributed by atoms with Crippen molar-refractivity contribution in [2.45, 2.75) is 52.7 Å². The molecule has 1 unspecified atom stereocenters. The molecule has 15 heavy (non-hydrogen) atoms. The minimum Gasteiger partial charge on any atom is -0.444 e. The fourth-order valence-electron chi connectivity index (χ4n) is 0.869. The first-order chi connectivity index (χ1) is 6.60. The molecule has 1 atom stereocenters. The predicted molar refractivity (Wildman–Crippen MR) is 66.4 cm³/mol. The second-order valence-corrected chi connectivity index (χ2v) is 5.89. The Hall–Kier alpha value is -0.250. The number of nitrogens with one attached hydrogen (secondary N) is 1. The van der Waals surface area contributed by atoms with Gasteiger partial charge in [0, 0.05) is 5.33 Å². The number of hydrogen-bond donors (Lipinski definition) is 1. The highest BCUT2D eigenvalue weighted by Gasteiger charge is 2.30. The summed E-state index contributed by atoms with van der Waals surface area (Å²) >= 11 is 3.41. The Morgan fingerprint density at radius 2 is 1.80 bits per heavy atom. The van der Waals surface area contributed by atoms with Crippen molar-refractivity contribution in [3.63, 3.8) is 0 Å². The second-order valence-electron chi connectivity index (χ2n) is 5.33. The Morgan fingerprint density at radius 3 is 2.07 bits per heavy atom. The molecule has 4 heteroatoms. The molecule has 0 radical (unpaired) electrons. The standard InChI is InChI=1S/C11H22BrNO2/c1-8(2)11(6,7-12)13-9(14)15-10(3,4)5/h8H,7H2,1-6H3,(H,13,14). The van der Waals surface area contributed by atoms with Gasteiger partial charge < -0.3 is 10.1 Å². The van der Waals surface area contributed by atoms with E-state index in [1.54, 1.807) is 0 Å². The molecule has 0 spiro atoms. The lowest BCUT2D eigenvalue weighted by Crippen LogP contribution is -2.52. The SMILES string of the molecule is CC(C)C(C)(CBr)NC(=O)OC(C)(C)C. The Labute approximate surface area is 101 Å². The lowest BCUT2D eigenvalue weighted by molar-refractivity contribution is 0.0450. The maximum atomic E-state index is 11.6. The summed E-state index contributed by atoms with van der Waals surface area (Å²) in [6, 6.07) is 0. The summed E-state index contributed by atoms with van der Waals surface area (Å²) in [4.78, 5) is 11.6. The van der Waals surface area contributed by atoms with Crippen LogP contribution in [0.5, 0.6) is 0 Å². The third-order valence-electron chi connectivity index (χ3n) is 2.34. The fourth-order valence-corrected chi connectivity index (χ4v) is 1.66. The number of carbonyl (C=O) groups is 1. The molecule has 90 valence electrons. The van der Waals surface area contributed by atoms with E-state index in [0.717, 1.165) is 0 Å². The molecule has 1 N–H and O–H groups in total. The average Bonchev–Trinajstić information content (AvgIpc) is 1.99. The van der Waals surface area contributed by atoms with Crippen molar-refractivity contribution in [3.8, 4) is 0 Å². The molecule has 0 fully saturated rings. The summed E-state index contributed by atoms with van der Waals surface area (Å²) < 4.78 is 5.21. The topological polar surface area (TPSA) is 38.3 Å². The molecular weight excluding hydrogens is 258 g/mol. The van der Waals surface area contributed by atoms with E-state index in [4.69, 9.17) is 4.74 Å². The van der Waals surface area contributed by atoms with Crippen LogP contribution >= 0.6 is 15.9 Å². The number of ether oxygens (including phenoxy) is 1. The molecule has 3 nitrogen and oxygen atoms in total. The van der Waals surface area contributed by atoms with Crippen LogP contribution in [0.4, 0.5) is 4.79 Å². The van der Waals surface area contributed by atoms with Crippen LogP contribution in [0, 0.1) is 5.92 Å². The van der Waals surface area contributed by atoms with E-state index in [2.05, 4.69) is 35.1 Å². The maximum Gasteiger partial charge on any atom is 0.408 e. The third kappa shape index (κ3) is 5.40. The summed E-state index contributed by atoms with van der Waals surface area (Å²) in [6.07, 6.45) is -0.363. The van der Waals surface area contributed by atoms with E-state index in [0.29, 0.717) is 11.2 Å². The summed E-state index contributed by atoms with van der Waals surface area (Å²) in [5.74, 6) is 0.337. The first kappa shape index (κ1) is 14.8. The van der Waals surface area contributed by atoms with Crippen molar-refractivity contribution in [1.82, 2.24) is 5.32 Å². The zero-order valence-corrected chi connectivity index (χ0v) is 12.1. The van der Waals surface area contributed by atoms with Crippen LogP contribution in [0.2, 0.25) is 0 Å². The first-order valence-corrected chi connectivity index (χ1v) is 6.30. The Kier molecular flexibility index (Phi) is 5.10. The van der Waals surface area contributed by atoms with Gasteiger partial charge in [-0.05, 0) is 33.6 Å². The van der Waals surface area contributed by atoms with Crippen molar-refractivity contribution < 1.29 is 9.53 Å². The number of rotatable bonds is 3. The zero-order valence-electron chi connectivity index (χ0n) is 10.5. The zero-order chi connectivity index (χ0) is 12.3. The van der Waals surface area contributed by atoms with Crippen molar-refractivity contribution in [3.05, 3.63) is 0 Å². The van der Waals surface area contributed by atoms with Crippen LogP contribution in [-0.4, -0.2) is 22.6 Å². The highest BCUT2D eigenvalue weighted by atomic mass is 79.9. The largest absolute Gasteiger partial charge is 0.444 e. The van der Waals surface area contributed by atoms with Crippen LogP contribution < -0.4 is 5.32 Å². The van der Waals surface area contributed by atoms with Gasteiger partial charge in [-0.2, -0.15) is 0 Å². The average molecular weight is 280 g/mol. The Balaban J connectivity index is 4.39. The van der Waals surface area contributed by atoms with Gasteiger partial charge >= 0.3 is 6.09 Å². The minimum atomic E-state index is -0.450. The molecule has 0 aliphatic rings. The smallest absolute Gasteiger partial charge is 0.408 e. The van der Waals surface area contributed by atoms with Gasteiger partial charge in [-0.3, -0.25) is 0 Å². The van der Waals surface area contributed by atoms with Crippen molar-refractivity contribution in [2.75, 3.05) is 5.33 Å². The summed E-state index contributed by atoms with van der Waals surface area (Å²) in [6.45, 7) is 11.7. The van der Waals surface area contributed by atoms with E-state index in [9.17, 15) is 4.79 Å². The lowest BCUT2D eigenvalue weighted by atomic mass is 9.91. The highest BCUT2D eigenvalue weighted by molar-refractivity contribution is 9.09. The van der Waals surface area contributed by atoms with Gasteiger partial charge in [-0.1, -0.05) is 29.8 Å². The monoisotopic (exact) mass is 279 g/mol. The van der Waals surface area contributed by atoms with E-state index in [-0.39, 0.29) is 11.6 Å². The van der Waals surface area contributed by atoms with Crippen LogP contribution in [0.3, 0.4) is 0 Å². The number of halogens is 1. The van der Waals surface area contributed by atoms with Gasteiger partial charge in [0.25, 0.3) is 0 Å². The normalized spacial score (nSPS) is 16.0. The molecule has 0 saturated heterocycles. The van der Waals surface area contributed by atoms with Crippen LogP contribution in [0.1, 0.15) is 41.5 Å². The van der Waals surface area contributed by atoms with Crippen LogP contribution in [-0.2, 0) is 4.74 Å². The van der Waals surface area contributed by atoms with Crippen molar-refractivity contribution >= 4 is 22.0 Å². The summed E-state index contributed by atoms with van der Waals surface area (Å²) in [7, 11) is 0. The quantitative estimate of drug-likeness (QED) is 0.805. The molecule has 0 rings (SSSR count). The Bertz CT molecular complexity index is 223. The van der Waals surface area contributed by atoms with Gasteiger partial charge in [0.05, 0.1) is 5.54 Å². The molecule has 0 aromatic carbocycles. The first-order valence-electron chi connectivity index (χ1n) is 5.18. The number of hydrogen-bond acceptors (Lipinski definition) is 2. The van der Waals surface area contributed by atoms with Gasteiger partial charge in [0.2, 0.25) is 0 Å². The molecule has 0 heterocycles. The second kappa shape index (κ2) is 5.19. The van der Waals surface area contributed by atoms with Crippen LogP contribution in [0.25, 0.3) is 0 Å². The fraction of sp³-hybridized carbons (Fsp3) is 0.909. The molecule has 0 saturated carbocycles.